The molecule has 10 rings (SSSR count). The first kappa shape index (κ1) is 55.8. The van der Waals surface area contributed by atoms with Crippen molar-refractivity contribution in [1.29, 1.82) is 0 Å². The van der Waals surface area contributed by atoms with Gasteiger partial charge < -0.3 is 40.2 Å². The largest absolute Gasteiger partial charge is 0.496 e. The number of hydrogen-bond acceptors (Lipinski definition) is 8. The van der Waals surface area contributed by atoms with Crippen LogP contribution < -0.4 is 19.6 Å². The van der Waals surface area contributed by atoms with E-state index in [4.69, 9.17) is 0 Å². The minimum Gasteiger partial charge on any atom is -0.496 e. The number of aliphatic imine (C=N–C) groups is 2. The second-order valence-electron chi connectivity index (χ2n) is 15.8. The molecule has 72 heavy (non-hydrogen) atoms. The summed E-state index contributed by atoms with van der Waals surface area (Å²) < 4.78 is 55.0. The number of benzene rings is 6. The minimum atomic E-state index is -0.832. The van der Waals surface area contributed by atoms with Gasteiger partial charge in [0.25, 0.3) is 0 Å². The topological polar surface area (TPSA) is 91.7 Å². The third-order valence-corrected chi connectivity index (χ3v) is 10.1. The number of fused-ring (bicyclic) bond motifs is 2. The summed E-state index contributed by atoms with van der Waals surface area (Å²) in [6.07, 6.45) is 3.15. The first-order valence-electron chi connectivity index (χ1n) is 22.2. The van der Waals surface area contributed by atoms with Crippen LogP contribution in [0.4, 0.5) is 74.7 Å². The number of para-hydroxylation sites is 6. The van der Waals surface area contributed by atoms with Gasteiger partial charge in [-0.1, -0.05) is 134 Å². The Labute approximate surface area is 447 Å². The molecule has 0 unspecified atom stereocenters. The van der Waals surface area contributed by atoms with E-state index < -0.39 is 23.5 Å². The van der Waals surface area contributed by atoms with Crippen LogP contribution in [0.3, 0.4) is 0 Å². The van der Waals surface area contributed by atoms with Gasteiger partial charge in [0.2, 0.25) is 11.9 Å². The third-order valence-electron chi connectivity index (χ3n) is 10.1. The fourth-order valence-electron chi connectivity index (χ4n) is 6.80. The van der Waals surface area contributed by atoms with Gasteiger partial charge in [-0.2, -0.15) is 69.4 Å². The Morgan fingerprint density at radius 1 is 0.486 bits per heavy atom. The van der Waals surface area contributed by atoms with Crippen LogP contribution in [0.15, 0.2) is 192 Å². The Bertz CT molecular complexity index is 2710. The molecule has 2 aromatic heterocycles. The Morgan fingerprint density at radius 2 is 0.819 bits per heavy atom. The van der Waals surface area contributed by atoms with Crippen LogP contribution >= 0.6 is 0 Å². The van der Waals surface area contributed by atoms with E-state index in [1.807, 2.05) is 185 Å². The molecular formula is C56H48F4N10Pt2-6. The maximum Gasteiger partial charge on any atom is 0.217 e. The van der Waals surface area contributed by atoms with Crippen LogP contribution in [0.25, 0.3) is 10.6 Å². The number of anilines is 6. The summed E-state index contributed by atoms with van der Waals surface area (Å²) in [7, 11) is 0. The maximum atomic E-state index is 14.1. The van der Waals surface area contributed by atoms with Gasteiger partial charge in [0.1, 0.15) is 11.6 Å². The van der Waals surface area contributed by atoms with Crippen LogP contribution in [0.5, 0.6) is 0 Å². The van der Waals surface area contributed by atoms with Gasteiger partial charge in [0, 0.05) is 54.3 Å². The quantitative estimate of drug-likeness (QED) is 0.0445. The molecule has 8 aromatic rings. The molecule has 2 aliphatic heterocycles. The minimum absolute atomic E-state index is 0. The number of rotatable bonds is 10. The molecule has 0 saturated carbocycles. The summed E-state index contributed by atoms with van der Waals surface area (Å²) in [4.78, 5) is 22.8. The third kappa shape index (κ3) is 15.4. The van der Waals surface area contributed by atoms with Crippen molar-refractivity contribution in [2.24, 2.45) is 9.98 Å². The van der Waals surface area contributed by atoms with Crippen molar-refractivity contribution in [3.63, 3.8) is 0 Å². The van der Waals surface area contributed by atoms with Crippen molar-refractivity contribution < 1.29 is 59.7 Å². The van der Waals surface area contributed by atoms with Gasteiger partial charge in [-0.3, -0.25) is 0 Å². The predicted molar refractivity (Wildman–Crippen MR) is 275 cm³/mol. The molecule has 2 aliphatic rings. The Hall–Kier alpha value is -7.14. The molecule has 0 aliphatic carbocycles. The fourth-order valence-corrected chi connectivity index (χ4v) is 6.80. The normalized spacial score (nSPS) is 12.1. The molecule has 10 nitrogen and oxygen atoms in total. The van der Waals surface area contributed by atoms with Gasteiger partial charge in [-0.25, -0.2) is 18.7 Å². The van der Waals surface area contributed by atoms with Crippen molar-refractivity contribution in [3.8, 4) is 0 Å². The Balaban J connectivity index is 0.000000178. The van der Waals surface area contributed by atoms with E-state index in [1.165, 1.54) is 0 Å². The standard InChI is InChI=1S/2C15H13F2N3.2C13H11N2.2Pt/c2*1-10(2)19-9-20(11-6-4-3-5-7-11)15-14(19)12(16)8-13(17)18-15;2*1-3-7-12(8-4-1)14-11-15-13-9-5-2-6-10-13;;/h2*3-6,8-10H,1-2H3;2*1-11H;;/q2*-2;2*-1;;. The zero-order chi connectivity index (χ0) is 49.2. The number of halogens is 4. The molecule has 0 spiro atoms. The van der Waals surface area contributed by atoms with Crippen LogP contribution in [0.2, 0.25) is 0 Å². The van der Waals surface area contributed by atoms with Gasteiger partial charge in [-0.15, -0.1) is 24.7 Å². The summed E-state index contributed by atoms with van der Waals surface area (Å²) >= 11 is 0. The number of aromatic nitrogens is 2. The van der Waals surface area contributed by atoms with Crippen LogP contribution in [0, 0.1) is 49.0 Å². The van der Waals surface area contributed by atoms with E-state index in [0.717, 1.165) is 34.9 Å². The van der Waals surface area contributed by atoms with Gasteiger partial charge >= 0.3 is 0 Å². The van der Waals surface area contributed by atoms with Crippen LogP contribution in [-0.2, 0) is 42.1 Å². The van der Waals surface area contributed by atoms with Crippen molar-refractivity contribution in [2.75, 3.05) is 19.6 Å². The van der Waals surface area contributed by atoms with E-state index in [2.05, 4.69) is 42.7 Å². The molecule has 0 radical (unpaired) electrons. The molecule has 6 aromatic carbocycles. The van der Waals surface area contributed by atoms with E-state index in [-0.39, 0.29) is 65.8 Å². The van der Waals surface area contributed by atoms with Gasteiger partial charge in [-0.05, 0) is 62.5 Å². The van der Waals surface area contributed by atoms with Gasteiger partial charge in [0.15, 0.2) is 11.6 Å². The molecule has 0 bridgehead atoms. The summed E-state index contributed by atoms with van der Waals surface area (Å²) in [5.74, 6) is -2.40. The van der Waals surface area contributed by atoms with E-state index >= 15 is 0 Å². The van der Waals surface area contributed by atoms with Crippen LogP contribution in [0.1, 0.15) is 27.7 Å². The zero-order valence-electron chi connectivity index (χ0n) is 39.4. The Morgan fingerprint density at radius 3 is 1.14 bits per heavy atom. The van der Waals surface area contributed by atoms with Crippen molar-refractivity contribution in [1.82, 2.24) is 9.97 Å². The maximum absolute atomic E-state index is 14.1. The summed E-state index contributed by atoms with van der Waals surface area (Å²) in [5, 5.41) is 8.42. The van der Waals surface area contributed by atoms with E-state index in [1.54, 1.807) is 57.7 Å². The summed E-state index contributed by atoms with van der Waals surface area (Å²) in [6, 6.07) is 61.2. The second kappa shape index (κ2) is 28.0. The molecular weight excluding hydrogens is 1280 g/mol. The second-order valence-corrected chi connectivity index (χ2v) is 15.8. The van der Waals surface area contributed by atoms with E-state index in [9.17, 15) is 17.6 Å². The molecule has 0 N–H and O–H groups in total. The number of nitrogens with zero attached hydrogens (tertiary/aromatic N) is 10. The fraction of sp³-hybridized carbons (Fsp3) is 0.107. The monoisotopic (exact) mass is 1330 g/mol. The van der Waals surface area contributed by atoms with Crippen molar-refractivity contribution in [2.45, 2.75) is 39.8 Å². The molecule has 4 heterocycles. The average Bonchev–Trinajstić information content (AvgIpc) is 3.97. The summed E-state index contributed by atoms with van der Waals surface area (Å²) in [6.45, 7) is 11.2. The number of hydrogen-bond donors (Lipinski definition) is 0. The molecule has 0 saturated heterocycles. The zero-order valence-corrected chi connectivity index (χ0v) is 43.9. The smallest absolute Gasteiger partial charge is 0.217 e. The van der Waals surface area contributed by atoms with Crippen molar-refractivity contribution in [3.05, 3.63) is 242 Å². The number of pyridine rings is 2. The Kier molecular flexibility index (Phi) is 21.7. The molecule has 0 atom stereocenters. The summed E-state index contributed by atoms with van der Waals surface area (Å²) in [5.41, 5.74) is 5.62. The van der Waals surface area contributed by atoms with Gasteiger partial charge in [0.05, 0.1) is 11.4 Å². The van der Waals surface area contributed by atoms with E-state index in [0.29, 0.717) is 22.7 Å². The van der Waals surface area contributed by atoms with Crippen LogP contribution in [-0.4, -0.2) is 34.7 Å². The SMILES string of the molecule is C(=Nc1ccccc1)[N-]c1ccccc1.C(=Nc1ccccc1)[N-]c1ccccc1.CC(C)N1[CH-]N(c2[c-]cccc2)c2nc(F)cc(F)c21.CC(C)N1[CH-]N(c2[c-]cccc2)c2nc(F)cc(F)c21.[Pt].[Pt]. The first-order valence-corrected chi connectivity index (χ1v) is 22.2. The molecule has 0 amide bonds. The first-order chi connectivity index (χ1) is 34.0. The molecule has 16 heteroatoms. The predicted octanol–water partition coefficient (Wildman–Crippen LogP) is 15.4. The molecule has 0 fully saturated rings. The van der Waals surface area contributed by atoms with Crippen molar-refractivity contribution >= 4 is 69.8 Å². The molecule has 376 valence electrons. The average molecular weight is 1330 g/mol.